The summed E-state index contributed by atoms with van der Waals surface area (Å²) in [4.78, 5) is 35.2. The number of anilines is 4. The number of halogens is 1. The number of nitrogens with zero attached hydrogens (tertiary/aromatic N) is 2. The molecule has 33 heavy (non-hydrogen) atoms. The lowest BCUT2D eigenvalue weighted by molar-refractivity contribution is -0.119. The van der Waals surface area contributed by atoms with Gasteiger partial charge in [0, 0.05) is 41.1 Å². The first-order valence-electron chi connectivity index (χ1n) is 10.2. The van der Waals surface area contributed by atoms with Crippen molar-refractivity contribution >= 4 is 45.9 Å². The van der Waals surface area contributed by atoms with Crippen LogP contribution < -0.4 is 21.3 Å². The van der Waals surface area contributed by atoms with Crippen LogP contribution in [-0.4, -0.2) is 40.4 Å². The van der Waals surface area contributed by atoms with Crippen molar-refractivity contribution in [1.82, 2.24) is 25.6 Å². The SMILES string of the molecule is CNC(=O)CNC(=O)c1cccc(Nc2nccc(Nc3ccc4[nH]c(C)cc4c3F)n2)c1. The molecule has 4 aromatic rings. The van der Waals surface area contributed by atoms with Crippen LogP contribution in [0.3, 0.4) is 0 Å². The summed E-state index contributed by atoms with van der Waals surface area (Å²) in [6.45, 7) is 1.75. The van der Waals surface area contributed by atoms with Crippen LogP contribution in [0.15, 0.2) is 54.7 Å². The minimum absolute atomic E-state index is 0.117. The van der Waals surface area contributed by atoms with E-state index in [1.807, 2.05) is 6.92 Å². The molecule has 2 aromatic heterocycles. The van der Waals surface area contributed by atoms with Gasteiger partial charge < -0.3 is 26.3 Å². The highest BCUT2D eigenvalue weighted by Crippen LogP contribution is 2.27. The zero-order valence-electron chi connectivity index (χ0n) is 18.0. The highest BCUT2D eigenvalue weighted by atomic mass is 19.1. The van der Waals surface area contributed by atoms with Crippen molar-refractivity contribution in [1.29, 1.82) is 0 Å². The highest BCUT2D eigenvalue weighted by molar-refractivity contribution is 5.97. The number of carbonyl (C=O) groups excluding carboxylic acids is 2. The Morgan fingerprint density at radius 1 is 1.09 bits per heavy atom. The van der Waals surface area contributed by atoms with Gasteiger partial charge in [-0.25, -0.2) is 9.37 Å². The minimum atomic E-state index is -0.385. The number of likely N-dealkylation sites (N-methyl/N-ethyl adjacent to an activating group) is 1. The maximum absolute atomic E-state index is 14.9. The van der Waals surface area contributed by atoms with E-state index in [4.69, 9.17) is 0 Å². The van der Waals surface area contributed by atoms with Gasteiger partial charge in [0.2, 0.25) is 11.9 Å². The van der Waals surface area contributed by atoms with Crippen LogP contribution >= 0.6 is 0 Å². The van der Waals surface area contributed by atoms with Gasteiger partial charge >= 0.3 is 0 Å². The third-order valence-electron chi connectivity index (χ3n) is 4.86. The van der Waals surface area contributed by atoms with Gasteiger partial charge in [0.25, 0.3) is 5.91 Å². The monoisotopic (exact) mass is 447 g/mol. The quantitative estimate of drug-likeness (QED) is 0.296. The molecule has 0 atom stereocenters. The van der Waals surface area contributed by atoms with Gasteiger partial charge in [0.05, 0.1) is 12.2 Å². The van der Waals surface area contributed by atoms with Crippen LogP contribution in [0.2, 0.25) is 0 Å². The zero-order chi connectivity index (χ0) is 23.4. The average molecular weight is 447 g/mol. The van der Waals surface area contributed by atoms with E-state index in [2.05, 4.69) is 36.2 Å². The molecule has 4 rings (SSSR count). The number of aromatic amines is 1. The van der Waals surface area contributed by atoms with Crippen LogP contribution in [0.1, 0.15) is 16.1 Å². The first kappa shape index (κ1) is 21.8. The average Bonchev–Trinajstić information content (AvgIpc) is 3.20. The maximum atomic E-state index is 14.9. The predicted octanol–water partition coefficient (Wildman–Crippen LogP) is 3.37. The number of rotatable bonds is 7. The van der Waals surface area contributed by atoms with Crippen molar-refractivity contribution in [3.8, 4) is 0 Å². The summed E-state index contributed by atoms with van der Waals surface area (Å²) in [6.07, 6.45) is 1.54. The molecular formula is C23H22FN7O2. The topological polar surface area (TPSA) is 124 Å². The van der Waals surface area contributed by atoms with Crippen molar-refractivity contribution in [2.75, 3.05) is 24.2 Å². The number of carbonyl (C=O) groups is 2. The van der Waals surface area contributed by atoms with E-state index in [-0.39, 0.29) is 30.1 Å². The molecule has 0 aliphatic rings. The first-order chi connectivity index (χ1) is 15.9. The van der Waals surface area contributed by atoms with Gasteiger partial charge in [-0.1, -0.05) is 6.07 Å². The molecule has 9 nitrogen and oxygen atoms in total. The van der Waals surface area contributed by atoms with Crippen molar-refractivity contribution < 1.29 is 14.0 Å². The summed E-state index contributed by atoms with van der Waals surface area (Å²) >= 11 is 0. The number of H-pyrrole nitrogens is 1. The van der Waals surface area contributed by atoms with Crippen molar-refractivity contribution in [2.24, 2.45) is 0 Å². The summed E-state index contributed by atoms with van der Waals surface area (Å²) in [7, 11) is 1.50. The third-order valence-corrected chi connectivity index (χ3v) is 4.86. The largest absolute Gasteiger partial charge is 0.359 e. The van der Waals surface area contributed by atoms with E-state index in [1.165, 1.54) is 13.2 Å². The molecule has 0 saturated heterocycles. The van der Waals surface area contributed by atoms with Crippen LogP contribution in [0.5, 0.6) is 0 Å². The van der Waals surface area contributed by atoms with E-state index in [1.54, 1.807) is 48.5 Å². The second-order valence-electron chi connectivity index (χ2n) is 7.29. The first-order valence-corrected chi connectivity index (χ1v) is 10.2. The standard InChI is InChI=1S/C23H22FN7O2/c1-13-10-16-17(28-13)6-7-18(21(16)24)30-19-8-9-26-23(31-19)29-15-5-3-4-14(11-15)22(33)27-12-20(32)25-2/h3-11,28H,12H2,1-2H3,(H,25,32)(H,27,33)(H2,26,29,30,31). The lowest BCUT2D eigenvalue weighted by atomic mass is 10.2. The zero-order valence-corrected chi connectivity index (χ0v) is 18.0. The van der Waals surface area contributed by atoms with Gasteiger partial charge in [0.15, 0.2) is 5.82 Å². The molecule has 0 radical (unpaired) electrons. The van der Waals surface area contributed by atoms with Crippen LogP contribution in [0.4, 0.5) is 27.5 Å². The number of fused-ring (bicyclic) bond motifs is 1. The molecule has 2 heterocycles. The summed E-state index contributed by atoms with van der Waals surface area (Å²) in [5, 5.41) is 11.5. The molecule has 0 aliphatic carbocycles. The van der Waals surface area contributed by atoms with Crippen molar-refractivity contribution in [3.63, 3.8) is 0 Å². The molecular weight excluding hydrogens is 425 g/mol. The van der Waals surface area contributed by atoms with Crippen molar-refractivity contribution in [3.05, 3.63) is 71.8 Å². The number of benzene rings is 2. The maximum Gasteiger partial charge on any atom is 0.251 e. The summed E-state index contributed by atoms with van der Waals surface area (Å²) in [6, 6.07) is 13.5. The molecule has 0 unspecified atom stereocenters. The van der Waals surface area contributed by atoms with Gasteiger partial charge in [-0.3, -0.25) is 9.59 Å². The molecule has 2 aromatic carbocycles. The van der Waals surface area contributed by atoms with Crippen molar-refractivity contribution in [2.45, 2.75) is 6.92 Å². The second-order valence-corrected chi connectivity index (χ2v) is 7.29. The minimum Gasteiger partial charge on any atom is -0.359 e. The summed E-state index contributed by atoms with van der Waals surface area (Å²) < 4.78 is 14.9. The molecule has 0 bridgehead atoms. The Hall–Kier alpha value is -4.47. The van der Waals surface area contributed by atoms with Gasteiger partial charge in [-0.15, -0.1) is 0 Å². The molecule has 5 N–H and O–H groups in total. The van der Waals surface area contributed by atoms with E-state index in [0.717, 1.165) is 11.2 Å². The van der Waals surface area contributed by atoms with Crippen LogP contribution in [0.25, 0.3) is 10.9 Å². The fourth-order valence-electron chi connectivity index (χ4n) is 3.25. The number of aromatic nitrogens is 3. The molecule has 2 amide bonds. The molecule has 0 fully saturated rings. The highest BCUT2D eigenvalue weighted by Gasteiger charge is 2.11. The molecule has 10 heteroatoms. The van der Waals surface area contributed by atoms with E-state index < -0.39 is 0 Å². The van der Waals surface area contributed by atoms with E-state index in [9.17, 15) is 14.0 Å². The number of aryl methyl sites for hydroxylation is 1. The third kappa shape index (κ3) is 5.06. The number of nitrogens with one attached hydrogen (secondary N) is 5. The normalized spacial score (nSPS) is 10.6. The van der Waals surface area contributed by atoms with E-state index >= 15 is 0 Å². The molecule has 0 saturated carbocycles. The Morgan fingerprint density at radius 2 is 1.94 bits per heavy atom. The Bertz CT molecular complexity index is 1340. The number of amides is 2. The fraction of sp³-hybridized carbons (Fsp3) is 0.130. The molecule has 0 aliphatic heterocycles. The Balaban J connectivity index is 1.48. The fourth-order valence-corrected chi connectivity index (χ4v) is 3.25. The smallest absolute Gasteiger partial charge is 0.251 e. The van der Waals surface area contributed by atoms with Gasteiger partial charge in [-0.2, -0.15) is 4.98 Å². The van der Waals surface area contributed by atoms with Gasteiger partial charge in [0.1, 0.15) is 5.82 Å². The van der Waals surface area contributed by atoms with Crippen LogP contribution in [0, 0.1) is 12.7 Å². The Labute approximate surface area is 188 Å². The number of hydrogen-bond donors (Lipinski definition) is 5. The van der Waals surface area contributed by atoms with Gasteiger partial charge in [-0.05, 0) is 49.4 Å². The second kappa shape index (κ2) is 9.35. The lowest BCUT2D eigenvalue weighted by Crippen LogP contribution is -2.35. The predicted molar refractivity (Wildman–Crippen MR) is 124 cm³/mol. The summed E-state index contributed by atoms with van der Waals surface area (Å²) in [5.74, 6) is -0.387. The van der Waals surface area contributed by atoms with Crippen LogP contribution in [-0.2, 0) is 4.79 Å². The Kier molecular flexibility index (Phi) is 6.16. The molecule has 168 valence electrons. The Morgan fingerprint density at radius 3 is 2.76 bits per heavy atom. The van der Waals surface area contributed by atoms with E-state index in [0.29, 0.717) is 28.1 Å². The number of hydrogen-bond acceptors (Lipinski definition) is 6. The molecule has 0 spiro atoms. The summed E-state index contributed by atoms with van der Waals surface area (Å²) in [5.41, 5.74) is 2.84. The lowest BCUT2D eigenvalue weighted by Gasteiger charge is -2.10.